The molecule has 0 aliphatic rings. The lowest BCUT2D eigenvalue weighted by Gasteiger charge is -2.25. The van der Waals surface area contributed by atoms with Gasteiger partial charge in [-0.25, -0.2) is 0 Å². The summed E-state index contributed by atoms with van der Waals surface area (Å²) < 4.78 is 1.79. The summed E-state index contributed by atoms with van der Waals surface area (Å²) >= 11 is 4.59. The van der Waals surface area contributed by atoms with Gasteiger partial charge in [0.2, 0.25) is 5.91 Å². The zero-order chi connectivity index (χ0) is 12.9. The number of nitrogens with two attached hydrogens (primary N) is 1. The molecule has 1 aromatic rings. The summed E-state index contributed by atoms with van der Waals surface area (Å²) in [5.74, 6) is 0.209. The highest BCUT2D eigenvalue weighted by molar-refractivity contribution is 8.03. The molecule has 1 unspecified atom stereocenters. The smallest absolute Gasteiger partial charge is 0.238 e. The van der Waals surface area contributed by atoms with Crippen molar-refractivity contribution < 1.29 is 4.79 Å². The van der Waals surface area contributed by atoms with Crippen molar-refractivity contribution in [3.8, 4) is 0 Å². The van der Waals surface area contributed by atoms with Crippen molar-refractivity contribution in [2.75, 3.05) is 18.6 Å². The van der Waals surface area contributed by atoms with Crippen LogP contribution in [-0.4, -0.2) is 40.2 Å². The Bertz CT molecular complexity index is 384. The highest BCUT2D eigenvalue weighted by Gasteiger charge is 2.30. The highest BCUT2D eigenvalue weighted by atomic mass is 32.2. The Kier molecular flexibility index (Phi) is 5.71. The average molecular weight is 292 g/mol. The molecule has 1 atom stereocenters. The largest absolute Gasteiger partial charge is 0.368 e. The second-order valence-corrected chi connectivity index (χ2v) is 6.81. The van der Waals surface area contributed by atoms with Crippen molar-refractivity contribution in [2.24, 2.45) is 5.73 Å². The zero-order valence-corrected chi connectivity index (χ0v) is 12.5. The minimum Gasteiger partial charge on any atom is -0.368 e. The van der Waals surface area contributed by atoms with Crippen LogP contribution in [0.3, 0.4) is 0 Å². The van der Waals surface area contributed by atoms with Crippen LogP contribution < -0.4 is 11.1 Å². The van der Waals surface area contributed by atoms with E-state index in [-0.39, 0.29) is 5.91 Å². The van der Waals surface area contributed by atoms with Crippen LogP contribution in [0.15, 0.2) is 8.68 Å². The molecule has 0 saturated heterocycles. The summed E-state index contributed by atoms with van der Waals surface area (Å²) in [6, 6.07) is 0. The molecule has 0 spiro atoms. The lowest BCUT2D eigenvalue weighted by Crippen LogP contribution is -2.55. The van der Waals surface area contributed by atoms with Crippen LogP contribution in [0.4, 0.5) is 0 Å². The highest BCUT2D eigenvalue weighted by Crippen LogP contribution is 2.29. The van der Waals surface area contributed by atoms with E-state index in [0.29, 0.717) is 12.3 Å². The minimum absolute atomic E-state index is 0.346. The second kappa shape index (κ2) is 6.58. The van der Waals surface area contributed by atoms with Gasteiger partial charge in [0, 0.05) is 5.75 Å². The lowest BCUT2D eigenvalue weighted by atomic mass is 10.1. The number of aromatic nitrogens is 2. The molecule has 0 aliphatic heterocycles. The maximum atomic E-state index is 11.4. The average Bonchev–Trinajstić information content (AvgIpc) is 2.74. The molecule has 1 rings (SSSR count). The van der Waals surface area contributed by atoms with Crippen molar-refractivity contribution >= 4 is 40.8 Å². The zero-order valence-electron chi connectivity index (χ0n) is 10.0. The maximum absolute atomic E-state index is 11.4. The monoisotopic (exact) mass is 292 g/mol. The summed E-state index contributed by atoms with van der Waals surface area (Å²) in [6.07, 6.45) is 1.96. The summed E-state index contributed by atoms with van der Waals surface area (Å²) in [7, 11) is 0. The molecule has 0 aromatic carbocycles. The van der Waals surface area contributed by atoms with Crippen molar-refractivity contribution in [2.45, 2.75) is 28.1 Å². The summed E-state index contributed by atoms with van der Waals surface area (Å²) in [5, 5.41) is 11.1. The van der Waals surface area contributed by atoms with Crippen LogP contribution in [0.1, 0.15) is 13.8 Å². The van der Waals surface area contributed by atoms with E-state index >= 15 is 0 Å². The molecule has 17 heavy (non-hydrogen) atoms. The van der Waals surface area contributed by atoms with Gasteiger partial charge < -0.3 is 11.1 Å². The molecule has 0 radical (unpaired) electrons. The van der Waals surface area contributed by atoms with E-state index in [1.54, 1.807) is 11.8 Å². The van der Waals surface area contributed by atoms with Crippen LogP contribution in [-0.2, 0) is 4.79 Å². The summed E-state index contributed by atoms with van der Waals surface area (Å²) in [4.78, 5) is 11.4. The number of nitrogens with one attached hydrogen (secondary N) is 1. The second-order valence-electron chi connectivity index (χ2n) is 3.55. The fraction of sp³-hybridized carbons (Fsp3) is 0.667. The molecule has 0 aliphatic carbocycles. The fourth-order valence-corrected chi connectivity index (χ4v) is 3.71. The van der Waals surface area contributed by atoms with Gasteiger partial charge in [-0.05, 0) is 19.7 Å². The molecule has 1 aromatic heterocycles. The number of carbonyl (C=O) groups is 1. The van der Waals surface area contributed by atoms with E-state index in [1.165, 1.54) is 23.1 Å². The molecular weight excluding hydrogens is 276 g/mol. The van der Waals surface area contributed by atoms with Gasteiger partial charge in [-0.2, -0.15) is 0 Å². The van der Waals surface area contributed by atoms with Gasteiger partial charge in [0.25, 0.3) is 0 Å². The molecule has 8 heteroatoms. The number of carbonyl (C=O) groups excluding carboxylic acids is 1. The van der Waals surface area contributed by atoms with Gasteiger partial charge in [0.1, 0.15) is 5.54 Å². The molecule has 3 N–H and O–H groups in total. The van der Waals surface area contributed by atoms with Gasteiger partial charge in [-0.15, -0.1) is 10.2 Å². The van der Waals surface area contributed by atoms with Crippen LogP contribution in [0.25, 0.3) is 0 Å². The SMILES string of the molecule is CCNC(C)(CSc1nnc(SC)s1)C(N)=O. The number of hydrogen-bond acceptors (Lipinski definition) is 7. The molecule has 0 bridgehead atoms. The van der Waals surface area contributed by atoms with Gasteiger partial charge in [-0.1, -0.05) is 41.8 Å². The minimum atomic E-state index is -0.704. The van der Waals surface area contributed by atoms with Crippen molar-refractivity contribution in [3.05, 3.63) is 0 Å². The molecule has 5 nitrogen and oxygen atoms in total. The first kappa shape index (κ1) is 14.7. The van der Waals surface area contributed by atoms with E-state index in [4.69, 9.17) is 5.73 Å². The quantitative estimate of drug-likeness (QED) is 0.735. The Morgan fingerprint density at radius 2 is 2.18 bits per heavy atom. The molecule has 1 amide bonds. The Hall–Kier alpha value is -0.310. The van der Waals surface area contributed by atoms with E-state index in [0.717, 1.165) is 8.68 Å². The number of rotatable bonds is 7. The first-order valence-corrected chi connectivity index (χ1v) is 8.09. The van der Waals surface area contributed by atoms with E-state index in [1.807, 2.05) is 20.1 Å². The van der Waals surface area contributed by atoms with Gasteiger partial charge >= 0.3 is 0 Å². The van der Waals surface area contributed by atoms with Crippen LogP contribution in [0.2, 0.25) is 0 Å². The number of thioether (sulfide) groups is 2. The van der Waals surface area contributed by atoms with E-state index in [2.05, 4.69) is 15.5 Å². The maximum Gasteiger partial charge on any atom is 0.238 e. The Morgan fingerprint density at radius 3 is 2.65 bits per heavy atom. The summed E-state index contributed by atoms with van der Waals surface area (Å²) in [5.41, 5.74) is 4.70. The van der Waals surface area contributed by atoms with Crippen LogP contribution in [0, 0.1) is 0 Å². The van der Waals surface area contributed by atoms with Gasteiger partial charge in [-0.3, -0.25) is 4.79 Å². The van der Waals surface area contributed by atoms with Crippen molar-refractivity contribution in [1.29, 1.82) is 0 Å². The molecule has 96 valence electrons. The standard InChI is InChI=1S/C9H16N4OS3/c1-4-11-9(2,6(10)14)5-16-8-13-12-7(15-3)17-8/h11H,4-5H2,1-3H3,(H2,10,14). The third kappa shape index (κ3) is 4.13. The molecule has 0 fully saturated rings. The third-order valence-corrected chi connectivity index (χ3v) is 5.50. The number of amides is 1. The molecule has 0 saturated carbocycles. The first-order chi connectivity index (χ1) is 8.01. The number of primary amides is 1. The number of nitrogens with zero attached hydrogens (tertiary/aromatic N) is 2. The van der Waals surface area contributed by atoms with Crippen molar-refractivity contribution in [1.82, 2.24) is 15.5 Å². The number of hydrogen-bond donors (Lipinski definition) is 2. The first-order valence-electron chi connectivity index (χ1n) is 5.07. The van der Waals surface area contributed by atoms with Crippen molar-refractivity contribution in [3.63, 3.8) is 0 Å². The van der Waals surface area contributed by atoms with Gasteiger partial charge in [0.05, 0.1) is 0 Å². The van der Waals surface area contributed by atoms with E-state index < -0.39 is 5.54 Å². The lowest BCUT2D eigenvalue weighted by molar-refractivity contribution is -0.122. The molecule has 1 heterocycles. The predicted octanol–water partition coefficient (Wildman–Crippen LogP) is 1.21. The molecular formula is C9H16N4OS3. The van der Waals surface area contributed by atoms with E-state index in [9.17, 15) is 4.79 Å². The van der Waals surface area contributed by atoms with Gasteiger partial charge in [0.15, 0.2) is 8.68 Å². The Balaban J connectivity index is 2.60. The third-order valence-electron chi connectivity index (χ3n) is 2.16. The fourth-order valence-electron chi connectivity index (χ4n) is 1.14. The summed E-state index contributed by atoms with van der Waals surface area (Å²) in [6.45, 7) is 4.46. The number of likely N-dealkylation sites (N-methyl/N-ethyl adjacent to an activating group) is 1. The normalized spacial score (nSPS) is 14.5. The van der Waals surface area contributed by atoms with Crippen LogP contribution >= 0.6 is 34.9 Å². The Morgan fingerprint density at radius 1 is 1.53 bits per heavy atom. The predicted molar refractivity (Wildman–Crippen MR) is 73.7 cm³/mol. The van der Waals surface area contributed by atoms with Crippen LogP contribution in [0.5, 0.6) is 0 Å². The Labute approximate surface area is 113 Å². The topological polar surface area (TPSA) is 80.9 Å².